The molecule has 0 amide bonds. The minimum atomic E-state index is -1.34. The summed E-state index contributed by atoms with van der Waals surface area (Å²) < 4.78 is 91.9. The van der Waals surface area contributed by atoms with Gasteiger partial charge in [-0.2, -0.15) is 0 Å². The zero-order valence-corrected chi connectivity index (χ0v) is 65.7. The zero-order chi connectivity index (χ0) is 80.8. The number of hydrogen-bond donors (Lipinski definition) is 3. The van der Waals surface area contributed by atoms with Crippen molar-refractivity contribution < 1.29 is 90.3 Å². The molecule has 2 aliphatic carbocycles. The fourth-order valence-electron chi connectivity index (χ4n) is 13.6. The van der Waals surface area contributed by atoms with Crippen molar-refractivity contribution in [2.24, 2.45) is 11.8 Å². The summed E-state index contributed by atoms with van der Waals surface area (Å²) in [5, 5.41) is 32.9. The van der Waals surface area contributed by atoms with Crippen LogP contribution in [0.2, 0.25) is 15.1 Å². The van der Waals surface area contributed by atoms with Gasteiger partial charge in [0.15, 0.2) is 74.9 Å². The average Bonchev–Trinajstić information content (AvgIpc) is 1.49. The molecule has 114 heavy (non-hydrogen) atoms. The number of ketones is 4. The second-order valence-electron chi connectivity index (χ2n) is 27.8. The van der Waals surface area contributed by atoms with Crippen LogP contribution in [0.3, 0.4) is 0 Å². The Hall–Kier alpha value is -10.6. The number of fused-ring (bicyclic) bond motifs is 3. The van der Waals surface area contributed by atoms with E-state index in [-0.39, 0.29) is 107 Å². The van der Waals surface area contributed by atoms with Gasteiger partial charge in [0.2, 0.25) is 0 Å². The highest BCUT2D eigenvalue weighted by Crippen LogP contribution is 2.52. The molecule has 0 bridgehead atoms. The summed E-state index contributed by atoms with van der Waals surface area (Å²) in [6, 6.07) is 33.2. The Morgan fingerprint density at radius 1 is 0.439 bits per heavy atom. The molecular weight excluding hydrogens is 1530 g/mol. The number of rotatable bonds is 32. The maximum atomic E-state index is 13.9. The van der Waals surface area contributed by atoms with E-state index in [1.165, 1.54) is 56.7 Å². The van der Waals surface area contributed by atoms with E-state index in [0.29, 0.717) is 152 Å². The lowest BCUT2D eigenvalue weighted by atomic mass is 9.85. The minimum absolute atomic E-state index is 0.0000345. The van der Waals surface area contributed by atoms with E-state index in [1.807, 2.05) is 56.4 Å². The maximum absolute atomic E-state index is 13.9. The van der Waals surface area contributed by atoms with Crippen LogP contribution in [0, 0.1) is 29.3 Å². The smallest absolute Gasteiger partial charge is 0.181 e. The van der Waals surface area contributed by atoms with Gasteiger partial charge in [-0.1, -0.05) is 66.9 Å². The monoisotopic (exact) mass is 1610 g/mol. The van der Waals surface area contributed by atoms with Crippen molar-refractivity contribution in [2.45, 2.75) is 102 Å². The molecule has 594 valence electrons. The molecule has 2 atom stereocenters. The Kier molecular flexibility index (Phi) is 27.3. The third-order valence-corrected chi connectivity index (χ3v) is 20.8. The van der Waals surface area contributed by atoms with Crippen LogP contribution >= 0.6 is 34.8 Å². The Morgan fingerprint density at radius 3 is 1.12 bits per heavy atom. The van der Waals surface area contributed by atoms with Crippen molar-refractivity contribution in [1.29, 1.82) is 0 Å². The van der Waals surface area contributed by atoms with Crippen LogP contribution in [0.25, 0.3) is 52.0 Å². The third-order valence-electron chi connectivity index (χ3n) is 19.9. The van der Waals surface area contributed by atoms with E-state index >= 15 is 0 Å². The summed E-state index contributed by atoms with van der Waals surface area (Å²) in [5.74, 6) is 2.06. The standard InChI is InChI=1S/C31H31ClFNO5.C30H29ClFNO6.C28H25ClFNO5/c1-3-14-38-26-11-7-19(17-27(26)37-2)25(35)12-13-31(36,22-8-9-22)28-18-21-5-4-15-39-30(21)29(34-28)20-6-10-24(33)23(32)16-20;1-37-26-16-18(5-9-25(26)38-14-12-34)24(35)10-11-30(36,21-6-7-21)27-17-20-3-2-13-39-29(20)28(33-27)19-4-8-23(32)22(31)15-19;1-3-12-35-25-11-7-17(16-26(25)34-2)23(32)9-10-24(33)22-15-19-5-4-13-36-28(19)27(31-22)18-6-8-21(30)20(29)14-18/h4-7,10-11,16-18,22,36H,3,8-9,12-15H2,1-2H3;2-5,8-9,15-17,21,34,36H,6-7,10-14H2,1H3;4-8,11,14-16H,3,9-10,12-13H2,1-2H3. The Labute approximate surface area is 673 Å². The number of aliphatic hydroxyl groups is 3. The second kappa shape index (κ2) is 37.6. The molecule has 6 aromatic carbocycles. The fourth-order valence-corrected chi connectivity index (χ4v) is 14.1. The molecule has 2 fully saturated rings. The number of aliphatic hydroxyl groups excluding tert-OH is 1. The molecule has 19 nitrogen and oxygen atoms in total. The summed E-state index contributed by atoms with van der Waals surface area (Å²) in [7, 11) is 4.53. The Morgan fingerprint density at radius 2 is 0.781 bits per heavy atom. The van der Waals surface area contributed by atoms with Gasteiger partial charge in [0.25, 0.3) is 0 Å². The van der Waals surface area contributed by atoms with Gasteiger partial charge in [0.1, 0.15) is 77.9 Å². The van der Waals surface area contributed by atoms with Crippen LogP contribution in [-0.4, -0.2) is 121 Å². The van der Waals surface area contributed by atoms with Gasteiger partial charge >= 0.3 is 0 Å². The van der Waals surface area contributed by atoms with Crippen LogP contribution < -0.4 is 42.6 Å². The molecule has 2 saturated carbocycles. The number of ether oxygens (including phenoxy) is 9. The molecule has 6 heterocycles. The van der Waals surface area contributed by atoms with Crippen molar-refractivity contribution in [3.05, 3.63) is 229 Å². The van der Waals surface area contributed by atoms with Gasteiger partial charge in [-0.25, -0.2) is 28.1 Å². The number of aromatic nitrogens is 3. The first-order valence-corrected chi connectivity index (χ1v) is 38.7. The molecular formula is C89H85Cl3F3N3O16. The normalized spacial score (nSPS) is 14.5. The topological polar surface area (TPSA) is 251 Å². The maximum Gasteiger partial charge on any atom is 0.181 e. The van der Waals surface area contributed by atoms with Crippen LogP contribution in [-0.2, 0) is 11.2 Å². The predicted octanol–water partition coefficient (Wildman–Crippen LogP) is 19.2. The van der Waals surface area contributed by atoms with Crippen LogP contribution in [0.5, 0.6) is 51.7 Å². The minimum Gasteiger partial charge on any atom is -0.493 e. The lowest BCUT2D eigenvalue weighted by Gasteiger charge is -2.30. The molecule has 3 N–H and O–H groups in total. The summed E-state index contributed by atoms with van der Waals surface area (Å²) in [4.78, 5) is 66.5. The van der Waals surface area contributed by atoms with Crippen LogP contribution in [0.4, 0.5) is 13.2 Å². The van der Waals surface area contributed by atoms with Gasteiger partial charge in [-0.3, -0.25) is 19.2 Å². The Balaban J connectivity index is 0.000000158. The molecule has 3 aromatic heterocycles. The highest BCUT2D eigenvalue weighted by atomic mass is 35.5. The van der Waals surface area contributed by atoms with Crippen molar-refractivity contribution in [3.8, 4) is 85.5 Å². The van der Waals surface area contributed by atoms with E-state index < -0.39 is 28.7 Å². The zero-order valence-electron chi connectivity index (χ0n) is 63.4. The number of benzene rings is 6. The van der Waals surface area contributed by atoms with Crippen LogP contribution in [0.1, 0.15) is 161 Å². The lowest BCUT2D eigenvalue weighted by Crippen LogP contribution is -2.31. The van der Waals surface area contributed by atoms with Crippen molar-refractivity contribution in [3.63, 3.8) is 0 Å². The highest BCUT2D eigenvalue weighted by Gasteiger charge is 2.48. The Bertz CT molecular complexity index is 4970. The molecule has 0 radical (unpaired) electrons. The first-order valence-electron chi connectivity index (χ1n) is 37.6. The van der Waals surface area contributed by atoms with Crippen LogP contribution in [0.15, 0.2) is 146 Å². The number of hydrogen-bond acceptors (Lipinski definition) is 19. The average molecular weight is 1620 g/mol. The number of Topliss-reactive ketones (excluding diaryl/α,β-unsaturated/α-hetero) is 4. The molecule has 3 aliphatic heterocycles. The predicted molar refractivity (Wildman–Crippen MR) is 429 cm³/mol. The van der Waals surface area contributed by atoms with Gasteiger partial charge in [-0.05, 0) is 209 Å². The SMILES string of the molecule is CCCOc1ccc(C(=O)CCC(=O)c2cc3c(c(-c4ccc(F)c(Cl)c4)n2)OCC=C3)cc1OC.CCCOc1ccc(C(=O)CCC(O)(c2cc3c(c(-c4ccc(F)c(Cl)c4)n2)OCC=C3)C2CC2)cc1OC.COc1cc(C(=O)CCC(O)(c2cc3c(c(-c4ccc(F)c(Cl)c4)n2)OCC=C3)C2CC2)ccc1OCCO. The van der Waals surface area contributed by atoms with Gasteiger partial charge < -0.3 is 58.0 Å². The quantitative estimate of drug-likeness (QED) is 0.0331. The number of pyridine rings is 3. The number of carbonyl (C=O) groups excluding carboxylic acids is 4. The van der Waals surface area contributed by atoms with Gasteiger partial charge in [-0.15, -0.1) is 0 Å². The molecule has 2 unspecified atom stereocenters. The number of halogens is 6. The summed E-state index contributed by atoms with van der Waals surface area (Å²) in [6.45, 7) is 6.18. The third kappa shape index (κ3) is 19.4. The molecule has 25 heteroatoms. The summed E-state index contributed by atoms with van der Waals surface area (Å²) in [5.41, 5.74) is 4.97. The number of methoxy groups -OCH3 is 3. The van der Waals surface area contributed by atoms with E-state index in [1.54, 1.807) is 86.0 Å². The van der Waals surface area contributed by atoms with Crippen molar-refractivity contribution >= 4 is 76.2 Å². The van der Waals surface area contributed by atoms with Gasteiger partial charge in [0.05, 0.1) is 67.6 Å². The second-order valence-corrected chi connectivity index (χ2v) is 29.0. The lowest BCUT2D eigenvalue weighted by molar-refractivity contribution is -0.00125. The summed E-state index contributed by atoms with van der Waals surface area (Å²) in [6.07, 6.45) is 16.8. The molecule has 14 rings (SSSR count). The molecule has 9 aromatic rings. The first-order chi connectivity index (χ1) is 55.1. The van der Waals surface area contributed by atoms with E-state index in [2.05, 4.69) is 4.98 Å². The largest absolute Gasteiger partial charge is 0.493 e. The molecule has 0 spiro atoms. The highest BCUT2D eigenvalue weighted by molar-refractivity contribution is 6.31. The van der Waals surface area contributed by atoms with E-state index in [0.717, 1.165) is 49.7 Å². The molecule has 5 aliphatic rings. The summed E-state index contributed by atoms with van der Waals surface area (Å²) >= 11 is 18.1. The van der Waals surface area contributed by atoms with Crippen molar-refractivity contribution in [1.82, 2.24) is 15.0 Å². The fraction of sp³-hybridized carbons (Fsp3) is 0.315. The number of nitrogens with zero attached hydrogens (tertiary/aromatic N) is 3. The number of carbonyl (C=O) groups is 4. The van der Waals surface area contributed by atoms with Gasteiger partial charge in [0, 0.05) is 75.8 Å². The van der Waals surface area contributed by atoms with Crippen molar-refractivity contribution in [2.75, 3.05) is 67.6 Å². The molecule has 0 saturated heterocycles. The van der Waals surface area contributed by atoms with E-state index in [9.17, 15) is 42.6 Å². The first kappa shape index (κ1) is 82.9. The van der Waals surface area contributed by atoms with E-state index in [4.69, 9.17) is 92.5 Å².